The zero-order valence-corrected chi connectivity index (χ0v) is 42.0. The molecule has 10 heteroatoms. The highest BCUT2D eigenvalue weighted by molar-refractivity contribution is 5.71. The summed E-state index contributed by atoms with van der Waals surface area (Å²) in [4.78, 5) is 55.1. The number of carbonyl (C=O) groups is 4. The molecule has 62 heavy (non-hydrogen) atoms. The third-order valence-electron chi connectivity index (χ3n) is 11.1. The zero-order valence-electron chi connectivity index (χ0n) is 42.0. The highest BCUT2D eigenvalue weighted by Gasteiger charge is 2.38. The molecule has 0 aromatic rings. The highest BCUT2D eigenvalue weighted by Crippen LogP contribution is 2.20. The van der Waals surface area contributed by atoms with Gasteiger partial charge in [-0.3, -0.25) is 19.2 Å². The lowest BCUT2D eigenvalue weighted by Gasteiger charge is -2.32. The summed E-state index contributed by atoms with van der Waals surface area (Å²) >= 11 is 0. The molecule has 0 N–H and O–H groups in total. The van der Waals surface area contributed by atoms with Crippen LogP contribution in [0.25, 0.3) is 0 Å². The van der Waals surface area contributed by atoms with Crippen molar-refractivity contribution in [2.75, 3.05) is 40.5 Å². The van der Waals surface area contributed by atoms with Gasteiger partial charge in [-0.1, -0.05) is 196 Å². The van der Waals surface area contributed by atoms with Gasteiger partial charge in [-0.05, 0) is 52.7 Å². The van der Waals surface area contributed by atoms with Crippen LogP contribution in [0.3, 0.4) is 0 Å². The Morgan fingerprint density at radius 2 is 0.661 bits per heavy atom. The number of hydrogen-bond donors (Lipinski definition) is 0. The van der Waals surface area contributed by atoms with Gasteiger partial charge in [0.15, 0.2) is 12.2 Å². The van der Waals surface area contributed by atoms with Crippen LogP contribution in [0.1, 0.15) is 253 Å². The standard InChI is InChI=1S/C50H95NO9.C2H6/c1-7-11-15-19-23-27-31-36-46(52)57-42-44(59-48(54)38-33-29-25-21-17-13-9-3)50(56-41-35-40-51(5)6)45(60-49(55)39-34-30-26-22-18-14-10-4)43-58-47(53)37-32-28-24-20-16-12-8-2;1-2/h44-45,50H,7-43H2,1-6H3;1-2H3. The molecule has 0 fully saturated rings. The van der Waals surface area contributed by atoms with Gasteiger partial charge in [-0.15, -0.1) is 0 Å². The van der Waals surface area contributed by atoms with E-state index in [2.05, 4.69) is 32.6 Å². The van der Waals surface area contributed by atoms with Crippen molar-refractivity contribution < 1.29 is 42.9 Å². The number of carbonyl (C=O) groups excluding carboxylic acids is 4. The molecule has 368 valence electrons. The van der Waals surface area contributed by atoms with Gasteiger partial charge >= 0.3 is 23.9 Å². The molecule has 0 saturated carbocycles. The second-order valence-electron chi connectivity index (χ2n) is 17.4. The maximum Gasteiger partial charge on any atom is 0.306 e. The Morgan fingerprint density at radius 3 is 0.952 bits per heavy atom. The number of hydrogen-bond acceptors (Lipinski definition) is 10. The van der Waals surface area contributed by atoms with E-state index in [9.17, 15) is 19.2 Å². The summed E-state index contributed by atoms with van der Waals surface area (Å²) in [6, 6.07) is 0. The number of esters is 4. The van der Waals surface area contributed by atoms with Gasteiger partial charge in [0.05, 0.1) is 0 Å². The zero-order chi connectivity index (χ0) is 46.3. The molecule has 2 atom stereocenters. The second-order valence-corrected chi connectivity index (χ2v) is 17.4. The maximum atomic E-state index is 13.5. The smallest absolute Gasteiger partial charge is 0.306 e. The fraction of sp³-hybridized carbons (Fsp3) is 0.923. The average molecular weight is 884 g/mol. The molecule has 0 amide bonds. The molecule has 0 aliphatic heterocycles. The Morgan fingerprint density at radius 1 is 0.387 bits per heavy atom. The van der Waals surface area contributed by atoms with Crippen molar-refractivity contribution in [2.24, 2.45) is 0 Å². The molecule has 10 nitrogen and oxygen atoms in total. The Kier molecular flexibility index (Phi) is 48.2. The molecule has 0 bridgehead atoms. The number of ether oxygens (including phenoxy) is 5. The number of rotatable bonds is 45. The van der Waals surface area contributed by atoms with Crippen LogP contribution in [-0.4, -0.2) is 87.5 Å². The number of unbranched alkanes of at least 4 members (excludes halogenated alkanes) is 24. The van der Waals surface area contributed by atoms with Crippen LogP contribution in [0.4, 0.5) is 0 Å². The van der Waals surface area contributed by atoms with Gasteiger partial charge in [0, 0.05) is 32.3 Å². The van der Waals surface area contributed by atoms with Crippen molar-refractivity contribution in [1.29, 1.82) is 0 Å². The molecule has 0 aliphatic carbocycles. The lowest BCUT2D eigenvalue weighted by molar-refractivity contribution is -0.193. The van der Waals surface area contributed by atoms with E-state index < -0.39 is 30.3 Å². The minimum absolute atomic E-state index is 0.222. The van der Waals surface area contributed by atoms with E-state index in [1.54, 1.807) is 0 Å². The molecule has 0 radical (unpaired) electrons. The van der Waals surface area contributed by atoms with Gasteiger partial charge in [0.2, 0.25) is 0 Å². The summed E-state index contributed by atoms with van der Waals surface area (Å²) in [5.74, 6) is -1.56. The minimum Gasteiger partial charge on any atom is -0.462 e. The minimum atomic E-state index is -1.06. The van der Waals surface area contributed by atoms with Crippen molar-refractivity contribution in [1.82, 2.24) is 4.90 Å². The monoisotopic (exact) mass is 884 g/mol. The van der Waals surface area contributed by atoms with Crippen molar-refractivity contribution in [3.8, 4) is 0 Å². The quantitative estimate of drug-likeness (QED) is 0.0332. The molecule has 0 saturated heterocycles. The summed E-state index contributed by atoms with van der Waals surface area (Å²) in [5.41, 5.74) is 0. The molecule has 0 rings (SSSR count). The molecular formula is C52H101NO9. The van der Waals surface area contributed by atoms with Gasteiger partial charge in [0.1, 0.15) is 19.3 Å². The molecule has 0 aromatic carbocycles. The Balaban J connectivity index is 0. The van der Waals surface area contributed by atoms with E-state index in [-0.39, 0.29) is 57.4 Å². The lowest BCUT2D eigenvalue weighted by atomic mass is 10.1. The van der Waals surface area contributed by atoms with Crippen molar-refractivity contribution in [3.05, 3.63) is 0 Å². The van der Waals surface area contributed by atoms with Crippen LogP contribution in [0, 0.1) is 0 Å². The van der Waals surface area contributed by atoms with Crippen LogP contribution in [-0.2, 0) is 42.9 Å². The predicted molar refractivity (Wildman–Crippen MR) is 256 cm³/mol. The highest BCUT2D eigenvalue weighted by atomic mass is 16.6. The average Bonchev–Trinajstić information content (AvgIpc) is 3.26. The third kappa shape index (κ3) is 41.8. The summed E-state index contributed by atoms with van der Waals surface area (Å²) in [6.45, 7) is 13.3. The molecular weight excluding hydrogens is 783 g/mol. The first kappa shape index (κ1) is 61.9. The van der Waals surface area contributed by atoms with E-state index >= 15 is 0 Å². The van der Waals surface area contributed by atoms with E-state index in [1.807, 2.05) is 27.9 Å². The normalized spacial score (nSPS) is 12.6. The predicted octanol–water partition coefficient (Wildman–Crippen LogP) is 13.8. The lowest BCUT2D eigenvalue weighted by Crippen LogP contribution is -2.49. The van der Waals surface area contributed by atoms with E-state index in [0.29, 0.717) is 19.3 Å². The van der Waals surface area contributed by atoms with E-state index in [0.717, 1.165) is 96.4 Å². The van der Waals surface area contributed by atoms with Gasteiger partial charge < -0.3 is 28.6 Å². The fourth-order valence-electron chi connectivity index (χ4n) is 7.30. The van der Waals surface area contributed by atoms with Crippen molar-refractivity contribution in [2.45, 2.75) is 272 Å². The van der Waals surface area contributed by atoms with Crippen LogP contribution in [0.2, 0.25) is 0 Å². The molecule has 0 heterocycles. The van der Waals surface area contributed by atoms with Crippen LogP contribution >= 0.6 is 0 Å². The second kappa shape index (κ2) is 48.3. The van der Waals surface area contributed by atoms with Gasteiger partial charge in [-0.2, -0.15) is 0 Å². The van der Waals surface area contributed by atoms with Crippen LogP contribution in [0.5, 0.6) is 0 Å². The first-order chi connectivity index (χ1) is 30.2. The first-order valence-corrected chi connectivity index (χ1v) is 26.1. The first-order valence-electron chi connectivity index (χ1n) is 26.1. The maximum absolute atomic E-state index is 13.5. The summed E-state index contributed by atoms with van der Waals surface area (Å²) < 4.78 is 30.3. The van der Waals surface area contributed by atoms with Crippen molar-refractivity contribution in [3.63, 3.8) is 0 Å². The molecule has 2 unspecified atom stereocenters. The summed E-state index contributed by atoms with van der Waals surface area (Å²) in [5, 5.41) is 0. The Labute approximate surface area is 382 Å². The fourth-order valence-corrected chi connectivity index (χ4v) is 7.30. The van der Waals surface area contributed by atoms with E-state index in [1.165, 1.54) is 77.0 Å². The van der Waals surface area contributed by atoms with E-state index in [4.69, 9.17) is 23.7 Å². The Hall–Kier alpha value is -2.20. The van der Waals surface area contributed by atoms with Crippen LogP contribution in [0.15, 0.2) is 0 Å². The Bertz CT molecular complexity index is 937. The molecule has 0 spiro atoms. The van der Waals surface area contributed by atoms with Crippen molar-refractivity contribution >= 4 is 23.9 Å². The molecule has 0 aliphatic rings. The third-order valence-corrected chi connectivity index (χ3v) is 11.1. The SMILES string of the molecule is CC.CCCCCCCCCC(=O)OCC(OC(=O)CCCCCCCCC)C(OCCCN(C)C)C(COC(=O)CCCCCCCCC)OC(=O)CCCCCCCCC. The van der Waals surface area contributed by atoms with Gasteiger partial charge in [0.25, 0.3) is 0 Å². The largest absolute Gasteiger partial charge is 0.462 e. The summed E-state index contributed by atoms with van der Waals surface area (Å²) in [7, 11) is 3.96. The number of nitrogens with zero attached hydrogens (tertiary/aromatic N) is 1. The topological polar surface area (TPSA) is 118 Å². The van der Waals surface area contributed by atoms with Crippen LogP contribution < -0.4 is 0 Å². The summed E-state index contributed by atoms with van der Waals surface area (Å²) in [6.07, 6.45) is 28.5. The van der Waals surface area contributed by atoms with Gasteiger partial charge in [-0.25, -0.2) is 0 Å². The molecule has 0 aromatic heterocycles.